The van der Waals surface area contributed by atoms with Crippen molar-refractivity contribution in [3.8, 4) is 0 Å². The van der Waals surface area contributed by atoms with Crippen molar-refractivity contribution >= 4 is 36.4 Å². The summed E-state index contributed by atoms with van der Waals surface area (Å²) in [5, 5.41) is 53.6. The molecule has 1 aliphatic rings. The molecule has 6 atom stereocenters. The molecule has 0 spiro atoms. The van der Waals surface area contributed by atoms with Gasteiger partial charge in [0.2, 0.25) is 11.8 Å². The fourth-order valence-corrected chi connectivity index (χ4v) is 2.99. The van der Waals surface area contributed by atoms with Crippen molar-refractivity contribution in [3.63, 3.8) is 0 Å². The summed E-state index contributed by atoms with van der Waals surface area (Å²) in [6, 6.07) is -2.35. The molecule has 1 unspecified atom stereocenters. The smallest absolute Gasteiger partial charge is 0.322 e. The molecule has 8 N–H and O–H groups in total. The van der Waals surface area contributed by atoms with Crippen molar-refractivity contribution in [1.29, 1.82) is 0 Å². The maximum atomic E-state index is 12.1. The van der Waals surface area contributed by atoms with Gasteiger partial charge in [0.05, 0.1) is 12.7 Å². The quantitative estimate of drug-likeness (QED) is 0.131. The lowest BCUT2D eigenvalue weighted by molar-refractivity contribution is -0.190. The Labute approximate surface area is 177 Å². The molecule has 172 valence electrons. The van der Waals surface area contributed by atoms with Crippen LogP contribution in [0.25, 0.3) is 0 Å². The molecule has 14 heteroatoms. The Morgan fingerprint density at radius 2 is 1.80 bits per heavy atom. The zero-order chi connectivity index (χ0) is 22.8. The Kier molecular flexibility index (Phi) is 11.0. The largest absolute Gasteiger partial charge is 0.480 e. The van der Waals surface area contributed by atoms with E-state index in [1.54, 1.807) is 0 Å². The van der Waals surface area contributed by atoms with E-state index in [1.807, 2.05) is 0 Å². The van der Waals surface area contributed by atoms with E-state index in [1.165, 1.54) is 0 Å². The van der Waals surface area contributed by atoms with Gasteiger partial charge in [-0.25, -0.2) is 0 Å². The standard InChI is InChI=1S/C16H27N3O10S/c20-5-10-14(25)9(21)3-12(29-10)19-7(16(27)28)1-2-11(22)18-8(6-30)15(26)17-4-13(23)24/h7-10,12,14,19-21,25,30H,1-6H2,(H,17,26)(H,18,22)(H,23,24)(H,27,28)/t7-,8-,9+,10+,12?,14-/m0/s1. The van der Waals surface area contributed by atoms with Gasteiger partial charge in [0.1, 0.15) is 37.1 Å². The second-order valence-electron chi connectivity index (χ2n) is 6.65. The maximum absolute atomic E-state index is 12.1. The summed E-state index contributed by atoms with van der Waals surface area (Å²) in [6.07, 6.45) is -5.22. The fourth-order valence-electron chi connectivity index (χ4n) is 2.74. The third-order valence-electron chi connectivity index (χ3n) is 4.34. The van der Waals surface area contributed by atoms with Crippen LogP contribution in [0.4, 0.5) is 0 Å². The monoisotopic (exact) mass is 453 g/mol. The number of carboxylic acid groups (broad SMARTS) is 2. The third-order valence-corrected chi connectivity index (χ3v) is 4.71. The molecule has 30 heavy (non-hydrogen) atoms. The molecular weight excluding hydrogens is 426 g/mol. The highest BCUT2D eigenvalue weighted by molar-refractivity contribution is 7.80. The summed E-state index contributed by atoms with van der Waals surface area (Å²) in [5.41, 5.74) is 0. The van der Waals surface area contributed by atoms with E-state index in [0.29, 0.717) is 0 Å². The van der Waals surface area contributed by atoms with Crippen molar-refractivity contribution in [1.82, 2.24) is 16.0 Å². The molecule has 0 saturated carbocycles. The van der Waals surface area contributed by atoms with Crippen LogP contribution >= 0.6 is 12.6 Å². The van der Waals surface area contributed by atoms with Gasteiger partial charge in [0.25, 0.3) is 0 Å². The van der Waals surface area contributed by atoms with Crippen LogP contribution in [0, 0.1) is 0 Å². The van der Waals surface area contributed by atoms with E-state index in [4.69, 9.17) is 9.84 Å². The number of thiol groups is 1. The summed E-state index contributed by atoms with van der Waals surface area (Å²) in [5.74, 6) is -4.05. The number of aliphatic hydroxyl groups is 3. The molecule has 2 amide bonds. The molecule has 0 aromatic heterocycles. The van der Waals surface area contributed by atoms with Gasteiger partial charge in [-0.1, -0.05) is 0 Å². The lowest BCUT2D eigenvalue weighted by atomic mass is 10.0. The number of carboxylic acids is 2. The summed E-state index contributed by atoms with van der Waals surface area (Å²) in [4.78, 5) is 45.8. The molecule has 0 aromatic rings. The van der Waals surface area contributed by atoms with Gasteiger partial charge in [-0.2, -0.15) is 12.6 Å². The van der Waals surface area contributed by atoms with E-state index in [-0.39, 0.29) is 25.0 Å². The van der Waals surface area contributed by atoms with Crippen LogP contribution in [0.1, 0.15) is 19.3 Å². The molecule has 0 bridgehead atoms. The van der Waals surface area contributed by atoms with E-state index < -0.39 is 73.5 Å². The van der Waals surface area contributed by atoms with Gasteiger partial charge in [0.15, 0.2) is 0 Å². The van der Waals surface area contributed by atoms with Crippen LogP contribution in [-0.2, 0) is 23.9 Å². The Morgan fingerprint density at radius 1 is 1.13 bits per heavy atom. The molecule has 0 radical (unpaired) electrons. The van der Waals surface area contributed by atoms with Gasteiger partial charge in [-0.05, 0) is 6.42 Å². The van der Waals surface area contributed by atoms with E-state index in [0.717, 1.165) is 0 Å². The molecule has 0 aromatic carbocycles. The second kappa shape index (κ2) is 12.7. The van der Waals surface area contributed by atoms with Crippen LogP contribution in [0.5, 0.6) is 0 Å². The normalized spacial score (nSPS) is 25.7. The predicted octanol–water partition coefficient (Wildman–Crippen LogP) is -3.75. The van der Waals surface area contributed by atoms with Crippen molar-refractivity contribution in [2.75, 3.05) is 18.9 Å². The minimum atomic E-state index is -1.31. The van der Waals surface area contributed by atoms with Gasteiger partial charge < -0.3 is 40.9 Å². The first-order valence-electron chi connectivity index (χ1n) is 9.10. The number of aliphatic carboxylic acids is 2. The zero-order valence-electron chi connectivity index (χ0n) is 15.9. The average Bonchev–Trinajstić information content (AvgIpc) is 2.69. The van der Waals surface area contributed by atoms with Crippen LogP contribution in [-0.4, -0.2) is 105 Å². The molecule has 13 nitrogen and oxygen atoms in total. The van der Waals surface area contributed by atoms with E-state index in [9.17, 15) is 39.6 Å². The van der Waals surface area contributed by atoms with Crippen molar-refractivity contribution in [2.24, 2.45) is 0 Å². The van der Waals surface area contributed by atoms with Gasteiger partial charge >= 0.3 is 11.9 Å². The number of rotatable bonds is 12. The van der Waals surface area contributed by atoms with Gasteiger partial charge in [0, 0.05) is 18.6 Å². The van der Waals surface area contributed by atoms with Crippen molar-refractivity contribution < 1.29 is 49.4 Å². The SMILES string of the molecule is O=C(O)CNC(=O)[C@H](CS)NC(=O)CC[C@H](NC1C[C@@H](O)[C@H](O)[C@@H](CO)O1)C(=O)O. The topological polar surface area (TPSA) is 215 Å². The molecule has 1 rings (SSSR count). The predicted molar refractivity (Wildman–Crippen MR) is 103 cm³/mol. The molecule has 0 aliphatic carbocycles. The van der Waals surface area contributed by atoms with Gasteiger partial charge in [-0.3, -0.25) is 24.5 Å². The highest BCUT2D eigenvalue weighted by Gasteiger charge is 2.37. The van der Waals surface area contributed by atoms with Crippen LogP contribution in [0.15, 0.2) is 0 Å². The highest BCUT2D eigenvalue weighted by Crippen LogP contribution is 2.19. The number of hydrogen-bond acceptors (Lipinski definition) is 10. The number of amides is 2. The molecule has 1 saturated heterocycles. The summed E-state index contributed by atoms with van der Waals surface area (Å²) >= 11 is 3.93. The molecule has 1 aliphatic heterocycles. The average molecular weight is 453 g/mol. The third kappa shape index (κ3) is 8.41. The van der Waals surface area contributed by atoms with Crippen LogP contribution in [0.3, 0.4) is 0 Å². The first-order valence-corrected chi connectivity index (χ1v) is 9.73. The minimum Gasteiger partial charge on any atom is -0.480 e. The molecule has 1 fully saturated rings. The summed E-state index contributed by atoms with van der Waals surface area (Å²) in [6.45, 7) is -1.20. The minimum absolute atomic E-state index is 0.101. The number of ether oxygens (including phenoxy) is 1. The number of carbonyl (C=O) groups is 4. The van der Waals surface area contributed by atoms with E-state index in [2.05, 4.69) is 28.6 Å². The Balaban J connectivity index is 2.57. The Morgan fingerprint density at radius 3 is 2.33 bits per heavy atom. The number of hydrogen-bond donors (Lipinski definition) is 9. The molecular formula is C16H27N3O10S. The summed E-state index contributed by atoms with van der Waals surface area (Å²) in [7, 11) is 0. The maximum Gasteiger partial charge on any atom is 0.322 e. The Bertz CT molecular complexity index is 622. The van der Waals surface area contributed by atoms with E-state index >= 15 is 0 Å². The zero-order valence-corrected chi connectivity index (χ0v) is 16.8. The fraction of sp³-hybridized carbons (Fsp3) is 0.750. The first-order chi connectivity index (χ1) is 14.1. The number of carbonyl (C=O) groups excluding carboxylic acids is 2. The summed E-state index contributed by atoms with van der Waals surface area (Å²) < 4.78 is 5.32. The van der Waals surface area contributed by atoms with Crippen molar-refractivity contribution in [2.45, 2.75) is 55.9 Å². The first kappa shape index (κ1) is 26.1. The number of nitrogens with one attached hydrogen (secondary N) is 3. The Hall–Kier alpha value is -1.97. The van der Waals surface area contributed by atoms with Gasteiger partial charge in [-0.15, -0.1) is 0 Å². The number of aliphatic hydroxyl groups excluding tert-OH is 3. The van der Waals surface area contributed by atoms with Crippen LogP contribution < -0.4 is 16.0 Å². The lowest BCUT2D eigenvalue weighted by Gasteiger charge is -2.37. The lowest BCUT2D eigenvalue weighted by Crippen LogP contribution is -2.56. The second-order valence-corrected chi connectivity index (χ2v) is 7.01. The highest BCUT2D eigenvalue weighted by atomic mass is 32.1. The van der Waals surface area contributed by atoms with Crippen molar-refractivity contribution in [3.05, 3.63) is 0 Å². The van der Waals surface area contributed by atoms with Crippen LogP contribution in [0.2, 0.25) is 0 Å². The molecule has 1 heterocycles.